The minimum atomic E-state index is 0.683. The Morgan fingerprint density at radius 1 is 0.952 bits per heavy atom. The van der Waals surface area contributed by atoms with E-state index in [9.17, 15) is 0 Å². The summed E-state index contributed by atoms with van der Waals surface area (Å²) in [6.45, 7) is 2.18. The van der Waals surface area contributed by atoms with E-state index in [2.05, 4.69) is 43.6 Å². The van der Waals surface area contributed by atoms with Gasteiger partial charge in [-0.2, -0.15) is 0 Å². The summed E-state index contributed by atoms with van der Waals surface area (Å²) >= 11 is 0. The SMILES string of the molecule is CNC(Cc1ccc(C)cc1)C1C2CC3CC(C2)CC1C3. The quantitative estimate of drug-likeness (QED) is 0.873. The molecule has 0 spiro atoms. The number of benzene rings is 1. The van der Waals surface area contributed by atoms with Gasteiger partial charge in [0.25, 0.3) is 0 Å². The van der Waals surface area contributed by atoms with E-state index in [-0.39, 0.29) is 0 Å². The molecule has 1 unspecified atom stereocenters. The third-order valence-electron chi connectivity index (χ3n) is 6.71. The predicted molar refractivity (Wildman–Crippen MR) is 88.3 cm³/mol. The summed E-state index contributed by atoms with van der Waals surface area (Å²) in [7, 11) is 2.18. The lowest BCUT2D eigenvalue weighted by Gasteiger charge is -2.56. The molecule has 5 rings (SSSR count). The van der Waals surface area contributed by atoms with E-state index >= 15 is 0 Å². The molecule has 21 heavy (non-hydrogen) atoms. The first-order valence-electron chi connectivity index (χ1n) is 8.95. The van der Waals surface area contributed by atoms with E-state index in [0.29, 0.717) is 6.04 Å². The van der Waals surface area contributed by atoms with Crippen LogP contribution in [0.1, 0.15) is 43.2 Å². The van der Waals surface area contributed by atoms with Gasteiger partial charge in [-0.25, -0.2) is 0 Å². The normalized spacial score (nSPS) is 38.7. The second-order valence-electron chi connectivity index (χ2n) is 8.09. The molecule has 0 aliphatic heterocycles. The van der Waals surface area contributed by atoms with Crippen LogP contribution in [0, 0.1) is 36.5 Å². The molecule has 4 aliphatic carbocycles. The van der Waals surface area contributed by atoms with Crippen LogP contribution in [0.25, 0.3) is 0 Å². The first-order chi connectivity index (χ1) is 10.2. The van der Waals surface area contributed by atoms with Crippen molar-refractivity contribution in [1.29, 1.82) is 0 Å². The van der Waals surface area contributed by atoms with Gasteiger partial charge in [0.2, 0.25) is 0 Å². The zero-order chi connectivity index (χ0) is 14.4. The summed E-state index contributed by atoms with van der Waals surface area (Å²) in [5, 5.41) is 3.69. The highest BCUT2D eigenvalue weighted by atomic mass is 14.9. The molecule has 1 N–H and O–H groups in total. The molecule has 1 aromatic rings. The van der Waals surface area contributed by atoms with Crippen LogP contribution in [0.4, 0.5) is 0 Å². The molecule has 1 nitrogen and oxygen atoms in total. The first-order valence-corrected chi connectivity index (χ1v) is 8.95. The fourth-order valence-electron chi connectivity index (χ4n) is 6.03. The fraction of sp³-hybridized carbons (Fsp3) is 0.700. The molecule has 1 aromatic carbocycles. The third kappa shape index (κ3) is 2.54. The summed E-state index contributed by atoms with van der Waals surface area (Å²) in [5.74, 6) is 5.14. The second-order valence-corrected chi connectivity index (χ2v) is 8.09. The molecule has 0 heterocycles. The van der Waals surface area contributed by atoms with Gasteiger partial charge in [0, 0.05) is 6.04 Å². The van der Waals surface area contributed by atoms with Crippen molar-refractivity contribution < 1.29 is 0 Å². The Morgan fingerprint density at radius 2 is 1.52 bits per heavy atom. The summed E-state index contributed by atoms with van der Waals surface area (Å²) in [6, 6.07) is 9.87. The van der Waals surface area contributed by atoms with E-state index in [1.807, 2.05) is 0 Å². The highest BCUT2D eigenvalue weighted by Crippen LogP contribution is 2.57. The van der Waals surface area contributed by atoms with Crippen molar-refractivity contribution in [1.82, 2.24) is 5.32 Å². The van der Waals surface area contributed by atoms with Gasteiger partial charge >= 0.3 is 0 Å². The van der Waals surface area contributed by atoms with Crippen LogP contribution in [0.3, 0.4) is 0 Å². The van der Waals surface area contributed by atoms with Crippen molar-refractivity contribution in [3.63, 3.8) is 0 Å². The Hall–Kier alpha value is -0.820. The van der Waals surface area contributed by atoms with E-state index in [4.69, 9.17) is 0 Å². The molecule has 0 amide bonds. The molecular weight excluding hydrogens is 254 g/mol. The van der Waals surface area contributed by atoms with Crippen molar-refractivity contribution in [2.45, 2.75) is 51.5 Å². The van der Waals surface area contributed by atoms with Crippen molar-refractivity contribution in [3.8, 4) is 0 Å². The van der Waals surface area contributed by atoms with Crippen molar-refractivity contribution >= 4 is 0 Å². The zero-order valence-corrected chi connectivity index (χ0v) is 13.5. The van der Waals surface area contributed by atoms with Crippen LogP contribution in [0.2, 0.25) is 0 Å². The Morgan fingerprint density at radius 3 is 2.05 bits per heavy atom. The maximum atomic E-state index is 3.69. The van der Waals surface area contributed by atoms with E-state index in [1.165, 1.54) is 43.2 Å². The standard InChI is InChI=1S/C20H29N/c1-13-3-5-14(6-4-13)12-19(21-2)20-17-8-15-7-16(10-17)11-18(20)9-15/h3-6,15-21H,7-12H2,1-2H3. The molecule has 0 saturated heterocycles. The van der Waals surface area contributed by atoms with Crippen molar-refractivity contribution in [2.75, 3.05) is 7.05 Å². The third-order valence-corrected chi connectivity index (χ3v) is 6.71. The zero-order valence-electron chi connectivity index (χ0n) is 13.5. The number of rotatable bonds is 4. The summed E-state index contributed by atoms with van der Waals surface area (Å²) in [5.41, 5.74) is 2.88. The molecule has 4 aliphatic rings. The van der Waals surface area contributed by atoms with Gasteiger partial charge in [-0.05, 0) is 87.6 Å². The highest BCUT2D eigenvalue weighted by Gasteiger charge is 2.50. The average Bonchev–Trinajstić information content (AvgIpc) is 2.47. The second kappa shape index (κ2) is 5.43. The monoisotopic (exact) mass is 283 g/mol. The summed E-state index contributed by atoms with van der Waals surface area (Å²) in [4.78, 5) is 0. The number of hydrogen-bond acceptors (Lipinski definition) is 1. The molecule has 0 radical (unpaired) electrons. The lowest BCUT2D eigenvalue weighted by Crippen LogP contribution is -2.53. The number of hydrogen-bond donors (Lipinski definition) is 1. The van der Waals surface area contributed by atoms with Crippen molar-refractivity contribution in [2.24, 2.45) is 29.6 Å². The molecular formula is C20H29N. The van der Waals surface area contributed by atoms with Gasteiger partial charge in [0.1, 0.15) is 0 Å². The van der Waals surface area contributed by atoms with Gasteiger partial charge in [-0.15, -0.1) is 0 Å². The van der Waals surface area contributed by atoms with Gasteiger partial charge < -0.3 is 5.32 Å². The molecule has 1 heteroatoms. The number of likely N-dealkylation sites (N-methyl/N-ethyl adjacent to an activating group) is 1. The maximum Gasteiger partial charge on any atom is 0.0138 e. The Kier molecular flexibility index (Phi) is 3.57. The molecule has 4 fully saturated rings. The highest BCUT2D eigenvalue weighted by molar-refractivity contribution is 5.22. The number of aryl methyl sites for hydroxylation is 1. The average molecular weight is 283 g/mol. The molecule has 0 aromatic heterocycles. The van der Waals surface area contributed by atoms with Crippen molar-refractivity contribution in [3.05, 3.63) is 35.4 Å². The van der Waals surface area contributed by atoms with Crippen LogP contribution in [0.5, 0.6) is 0 Å². The van der Waals surface area contributed by atoms with Gasteiger partial charge in [0.15, 0.2) is 0 Å². The molecule has 1 atom stereocenters. The van der Waals surface area contributed by atoms with E-state index < -0.39 is 0 Å². The minimum Gasteiger partial charge on any atom is -0.316 e. The van der Waals surface area contributed by atoms with Gasteiger partial charge in [-0.3, -0.25) is 0 Å². The first kappa shape index (κ1) is 13.8. The smallest absolute Gasteiger partial charge is 0.0138 e. The van der Waals surface area contributed by atoms with E-state index in [0.717, 1.165) is 29.6 Å². The Labute approximate surface area is 129 Å². The Bertz CT molecular complexity index is 461. The number of nitrogens with one attached hydrogen (secondary N) is 1. The Balaban J connectivity index is 1.51. The van der Waals surface area contributed by atoms with Crippen LogP contribution in [0.15, 0.2) is 24.3 Å². The predicted octanol–water partition coefficient (Wildman–Crippen LogP) is 4.20. The molecule has 4 saturated carbocycles. The van der Waals surface area contributed by atoms with Crippen LogP contribution < -0.4 is 5.32 Å². The van der Waals surface area contributed by atoms with E-state index in [1.54, 1.807) is 6.42 Å². The summed E-state index contributed by atoms with van der Waals surface area (Å²) < 4.78 is 0. The maximum absolute atomic E-state index is 3.69. The minimum absolute atomic E-state index is 0.683. The molecule has 114 valence electrons. The van der Waals surface area contributed by atoms with Crippen LogP contribution in [-0.4, -0.2) is 13.1 Å². The van der Waals surface area contributed by atoms with Gasteiger partial charge in [0.05, 0.1) is 0 Å². The lowest BCUT2D eigenvalue weighted by atomic mass is 9.50. The fourth-order valence-corrected chi connectivity index (χ4v) is 6.03. The molecule has 4 bridgehead atoms. The lowest BCUT2D eigenvalue weighted by molar-refractivity contribution is -0.0507. The summed E-state index contributed by atoms with van der Waals surface area (Å²) in [6.07, 6.45) is 8.90. The topological polar surface area (TPSA) is 12.0 Å². The largest absolute Gasteiger partial charge is 0.316 e. The van der Waals surface area contributed by atoms with Crippen LogP contribution >= 0.6 is 0 Å². The van der Waals surface area contributed by atoms with Crippen LogP contribution in [-0.2, 0) is 6.42 Å². The van der Waals surface area contributed by atoms with Gasteiger partial charge in [-0.1, -0.05) is 29.8 Å².